The minimum atomic E-state index is 0. The number of benzene rings is 1. The average Bonchev–Trinajstić information content (AvgIpc) is 2.39. The molecule has 0 saturated carbocycles. The molecule has 1 rings (SSSR count). The molecule has 112 valence electrons. The molecule has 0 bridgehead atoms. The van der Waals surface area contributed by atoms with E-state index in [1.54, 1.807) is 14.2 Å². The van der Waals surface area contributed by atoms with Gasteiger partial charge in [0.05, 0.1) is 25.7 Å². The average molecular weight is 283 g/mol. The molecule has 0 heterocycles. The Morgan fingerprint density at radius 3 is 2.10 bits per heavy atom. The first-order chi connectivity index (χ1) is 9.40. The molecule has 0 aliphatic rings. The fourth-order valence-electron chi connectivity index (χ4n) is 2.33. The second-order valence-electron chi connectivity index (χ2n) is 5.72. The number of nitrogens with zero attached hydrogens (tertiary/aromatic N) is 1. The molecular formula is C17H26LiNO2. The van der Waals surface area contributed by atoms with E-state index < -0.39 is 0 Å². The van der Waals surface area contributed by atoms with Crippen LogP contribution in [0.4, 0.5) is 0 Å². The van der Waals surface area contributed by atoms with Crippen LogP contribution in [0.25, 0.3) is 0 Å². The number of hydrogen-bond donors (Lipinski definition) is 0. The third kappa shape index (κ3) is 5.41. The Labute approximate surface area is 141 Å². The van der Waals surface area contributed by atoms with E-state index in [1.165, 1.54) is 0 Å². The quantitative estimate of drug-likeness (QED) is 0.441. The summed E-state index contributed by atoms with van der Waals surface area (Å²) in [7, 11) is 3.25. The molecule has 0 fully saturated rings. The van der Waals surface area contributed by atoms with Crippen molar-refractivity contribution in [2.45, 2.75) is 40.7 Å². The van der Waals surface area contributed by atoms with Crippen molar-refractivity contribution < 1.29 is 28.3 Å². The molecule has 3 nitrogen and oxygen atoms in total. The van der Waals surface area contributed by atoms with E-state index in [9.17, 15) is 0 Å². The number of aliphatic imine (C=N–C) groups is 1. The molecule has 0 saturated heterocycles. The Bertz CT molecular complexity index is 462. The first-order valence-corrected chi connectivity index (χ1v) is 7.08. The monoisotopic (exact) mass is 283 g/mol. The van der Waals surface area contributed by atoms with Gasteiger partial charge in [-0.25, -0.2) is 0 Å². The molecular weight excluding hydrogens is 257 g/mol. The minimum absolute atomic E-state index is 0. The molecule has 21 heavy (non-hydrogen) atoms. The third-order valence-corrected chi connectivity index (χ3v) is 3.41. The summed E-state index contributed by atoms with van der Waals surface area (Å²) in [5.41, 5.74) is 2.03. The van der Waals surface area contributed by atoms with E-state index in [4.69, 9.17) is 14.5 Å². The minimum Gasteiger partial charge on any atom is -0.536 e. The van der Waals surface area contributed by atoms with Gasteiger partial charge < -0.3 is 14.5 Å². The van der Waals surface area contributed by atoms with Crippen LogP contribution in [0.15, 0.2) is 11.1 Å². The Hall–Kier alpha value is -0.913. The van der Waals surface area contributed by atoms with Crippen molar-refractivity contribution in [3.05, 3.63) is 23.3 Å². The zero-order valence-electron chi connectivity index (χ0n) is 14.7. The summed E-state index contributed by atoms with van der Waals surface area (Å²) in [5.74, 6) is 2.36. The van der Waals surface area contributed by atoms with Crippen molar-refractivity contribution in [1.29, 1.82) is 0 Å². The zero-order valence-corrected chi connectivity index (χ0v) is 14.7. The Morgan fingerprint density at radius 2 is 1.67 bits per heavy atom. The summed E-state index contributed by atoms with van der Waals surface area (Å²) >= 11 is 0. The largest absolute Gasteiger partial charge is 1.00 e. The third-order valence-electron chi connectivity index (χ3n) is 3.41. The molecule has 4 heteroatoms. The summed E-state index contributed by atoms with van der Waals surface area (Å²) in [4.78, 5) is 4.73. The standard InChI is InChI=1S/C17H26NO2.Li/c1-11(2)17(12(3)4)18-10-14-9-16(20-7)15(19-6)8-13(14)5;/h8,10-12,17H,1-7H3;/q-1;+1. The first kappa shape index (κ1) is 20.1. The van der Waals surface area contributed by atoms with Gasteiger partial charge in [0.15, 0.2) is 0 Å². The van der Waals surface area contributed by atoms with E-state index in [-0.39, 0.29) is 18.9 Å². The van der Waals surface area contributed by atoms with Crippen molar-refractivity contribution in [3.8, 4) is 11.5 Å². The van der Waals surface area contributed by atoms with E-state index >= 15 is 0 Å². The molecule has 0 aliphatic heterocycles. The van der Waals surface area contributed by atoms with Gasteiger partial charge in [0.1, 0.15) is 0 Å². The van der Waals surface area contributed by atoms with Crippen molar-refractivity contribution in [3.63, 3.8) is 0 Å². The summed E-state index contributed by atoms with van der Waals surface area (Å²) in [6, 6.07) is 5.49. The molecule has 0 atom stereocenters. The predicted octanol–water partition coefficient (Wildman–Crippen LogP) is 0.916. The molecule has 0 unspecified atom stereocenters. The Kier molecular flexibility index (Phi) is 8.78. The normalized spacial score (nSPS) is 11.3. The number of ether oxygens (including phenoxy) is 2. The fraction of sp³-hybridized carbons (Fsp3) is 0.588. The van der Waals surface area contributed by atoms with Gasteiger partial charge in [-0.2, -0.15) is 0 Å². The van der Waals surface area contributed by atoms with Crippen LogP contribution in [-0.4, -0.2) is 26.5 Å². The maximum absolute atomic E-state index is 5.29. The van der Waals surface area contributed by atoms with Gasteiger partial charge in [-0.1, -0.05) is 53.0 Å². The summed E-state index contributed by atoms with van der Waals surface area (Å²) in [5, 5.41) is 0. The van der Waals surface area contributed by atoms with Gasteiger partial charge in [-0.05, 0) is 11.8 Å². The van der Waals surface area contributed by atoms with Gasteiger partial charge in [-0.15, -0.1) is 11.1 Å². The molecule has 0 aromatic heterocycles. The SMILES string of the molecule is COc1[c-]c(C=NC(C(C)C)C(C)C)c(C)cc1OC.[Li+]. The Morgan fingerprint density at radius 1 is 1.10 bits per heavy atom. The predicted molar refractivity (Wildman–Crippen MR) is 84.2 cm³/mol. The number of aryl methyl sites for hydroxylation is 1. The molecule has 0 aliphatic carbocycles. The molecule has 0 amide bonds. The fourth-order valence-corrected chi connectivity index (χ4v) is 2.33. The van der Waals surface area contributed by atoms with Crippen molar-refractivity contribution in [1.82, 2.24) is 0 Å². The molecule has 1 aromatic carbocycles. The number of rotatable bonds is 6. The van der Waals surface area contributed by atoms with Crippen LogP contribution in [0.2, 0.25) is 0 Å². The first-order valence-electron chi connectivity index (χ1n) is 7.08. The number of hydrogen-bond acceptors (Lipinski definition) is 3. The zero-order chi connectivity index (χ0) is 15.3. The van der Waals surface area contributed by atoms with Gasteiger partial charge in [0, 0.05) is 6.04 Å². The molecule has 1 aromatic rings. The summed E-state index contributed by atoms with van der Waals surface area (Å²) < 4.78 is 10.6. The molecule has 0 radical (unpaired) electrons. The second-order valence-corrected chi connectivity index (χ2v) is 5.72. The van der Waals surface area contributed by atoms with Crippen LogP contribution < -0.4 is 28.3 Å². The van der Waals surface area contributed by atoms with Gasteiger partial charge in [0.2, 0.25) is 0 Å². The topological polar surface area (TPSA) is 30.8 Å². The van der Waals surface area contributed by atoms with Crippen LogP contribution in [0.1, 0.15) is 38.8 Å². The van der Waals surface area contributed by atoms with Gasteiger partial charge >= 0.3 is 18.9 Å². The molecule has 0 N–H and O–H groups in total. The van der Waals surface area contributed by atoms with Crippen LogP contribution >= 0.6 is 0 Å². The summed E-state index contributed by atoms with van der Waals surface area (Å²) in [6.07, 6.45) is 1.90. The maximum Gasteiger partial charge on any atom is 1.00 e. The smallest absolute Gasteiger partial charge is 0.536 e. The maximum atomic E-state index is 5.29. The van der Waals surface area contributed by atoms with Gasteiger partial charge in [-0.3, -0.25) is 0 Å². The van der Waals surface area contributed by atoms with Crippen LogP contribution in [0.3, 0.4) is 0 Å². The summed E-state index contributed by atoms with van der Waals surface area (Å²) in [6.45, 7) is 10.8. The van der Waals surface area contributed by atoms with Crippen LogP contribution in [0, 0.1) is 24.8 Å². The van der Waals surface area contributed by atoms with Crippen LogP contribution in [0.5, 0.6) is 11.5 Å². The van der Waals surface area contributed by atoms with Gasteiger partial charge in [0.25, 0.3) is 0 Å². The number of methoxy groups -OCH3 is 2. The van der Waals surface area contributed by atoms with E-state index in [2.05, 4.69) is 33.8 Å². The Balaban J connectivity index is 0.00000400. The molecule has 0 spiro atoms. The van der Waals surface area contributed by atoms with Crippen molar-refractivity contribution in [2.24, 2.45) is 16.8 Å². The van der Waals surface area contributed by atoms with Crippen molar-refractivity contribution >= 4 is 6.21 Å². The van der Waals surface area contributed by atoms with Crippen molar-refractivity contribution in [2.75, 3.05) is 14.2 Å². The van der Waals surface area contributed by atoms with Crippen LogP contribution in [-0.2, 0) is 0 Å². The van der Waals surface area contributed by atoms with E-state index in [1.807, 2.05) is 19.2 Å². The second kappa shape index (κ2) is 9.18. The van der Waals surface area contributed by atoms with E-state index in [0.717, 1.165) is 11.1 Å². The van der Waals surface area contributed by atoms with E-state index in [0.29, 0.717) is 29.4 Å².